The second kappa shape index (κ2) is 6.05. The Balaban J connectivity index is 1.82. The molecule has 0 bridgehead atoms. The maximum atomic E-state index is 12.1. The van der Waals surface area contributed by atoms with Gasteiger partial charge in [-0.2, -0.15) is 0 Å². The first-order valence-corrected chi connectivity index (χ1v) is 7.68. The lowest BCUT2D eigenvalue weighted by atomic mass is 10.3. The third kappa shape index (κ3) is 2.76. The van der Waals surface area contributed by atoms with Crippen LogP contribution in [0.2, 0.25) is 0 Å². The summed E-state index contributed by atoms with van der Waals surface area (Å²) in [5.74, 6) is 1.28. The maximum absolute atomic E-state index is 12.1. The van der Waals surface area contributed by atoms with Crippen LogP contribution in [0.4, 0.5) is 0 Å². The topological polar surface area (TPSA) is 67.5 Å². The summed E-state index contributed by atoms with van der Waals surface area (Å²) in [7, 11) is 3.16. The standard InChI is InChI=1S/C14H17N3O3S/c1-19-14(20-2)13-17(12(18)8-21-13)7-11-15-9-5-3-4-6-10(9)16-11/h3-6,13-14H,7-8H2,1-2H3,(H,15,16). The van der Waals surface area contributed by atoms with Crippen molar-refractivity contribution in [3.05, 3.63) is 30.1 Å². The van der Waals surface area contributed by atoms with Crippen molar-refractivity contribution in [2.75, 3.05) is 20.0 Å². The SMILES string of the molecule is COC(OC)C1SCC(=O)N1Cc1nc2ccccc2[nH]1. The number of fused-ring (bicyclic) bond motifs is 1. The van der Waals surface area contributed by atoms with Crippen molar-refractivity contribution in [1.82, 2.24) is 14.9 Å². The summed E-state index contributed by atoms with van der Waals surface area (Å²) in [5.41, 5.74) is 1.87. The Bertz CT molecular complexity index is 608. The van der Waals surface area contributed by atoms with E-state index < -0.39 is 6.29 Å². The minimum Gasteiger partial charge on any atom is -0.353 e. The summed E-state index contributed by atoms with van der Waals surface area (Å²) < 4.78 is 10.6. The summed E-state index contributed by atoms with van der Waals surface area (Å²) in [6.07, 6.45) is -0.439. The van der Waals surface area contributed by atoms with Gasteiger partial charge in [0.2, 0.25) is 5.91 Å². The number of hydrogen-bond donors (Lipinski definition) is 1. The van der Waals surface area contributed by atoms with Gasteiger partial charge in [0.05, 0.1) is 23.3 Å². The van der Waals surface area contributed by atoms with E-state index in [4.69, 9.17) is 9.47 Å². The molecule has 0 spiro atoms. The molecule has 1 atom stereocenters. The van der Waals surface area contributed by atoms with E-state index in [0.29, 0.717) is 12.3 Å². The largest absolute Gasteiger partial charge is 0.353 e. The van der Waals surface area contributed by atoms with Gasteiger partial charge in [0, 0.05) is 14.2 Å². The molecule has 0 radical (unpaired) electrons. The van der Waals surface area contributed by atoms with E-state index in [0.717, 1.165) is 16.9 Å². The number of ether oxygens (including phenoxy) is 2. The number of methoxy groups -OCH3 is 2. The molecule has 1 N–H and O–H groups in total. The van der Waals surface area contributed by atoms with Crippen molar-refractivity contribution >= 4 is 28.7 Å². The lowest BCUT2D eigenvalue weighted by molar-refractivity contribution is -0.146. The van der Waals surface area contributed by atoms with E-state index >= 15 is 0 Å². The van der Waals surface area contributed by atoms with E-state index in [-0.39, 0.29) is 11.3 Å². The number of H-pyrrole nitrogens is 1. The molecule has 7 heteroatoms. The predicted octanol–water partition coefficient (Wildman–Crippen LogP) is 1.58. The molecule has 112 valence electrons. The molecule has 1 fully saturated rings. The first-order valence-electron chi connectivity index (χ1n) is 6.63. The van der Waals surface area contributed by atoms with Crippen LogP contribution in [0.1, 0.15) is 5.82 Å². The average Bonchev–Trinajstić information content (AvgIpc) is 3.06. The Morgan fingerprint density at radius 1 is 1.43 bits per heavy atom. The molecule has 2 heterocycles. The van der Waals surface area contributed by atoms with Crippen molar-refractivity contribution in [3.63, 3.8) is 0 Å². The number of carbonyl (C=O) groups is 1. The zero-order valence-corrected chi connectivity index (χ0v) is 12.7. The zero-order chi connectivity index (χ0) is 14.8. The van der Waals surface area contributed by atoms with Crippen molar-refractivity contribution in [2.45, 2.75) is 18.2 Å². The summed E-state index contributed by atoms with van der Waals surface area (Å²) in [6, 6.07) is 7.81. The van der Waals surface area contributed by atoms with Gasteiger partial charge in [-0.1, -0.05) is 12.1 Å². The third-order valence-electron chi connectivity index (χ3n) is 3.46. The first kappa shape index (κ1) is 14.4. The fourth-order valence-corrected chi connectivity index (χ4v) is 3.68. The minimum absolute atomic E-state index is 0.0737. The van der Waals surface area contributed by atoms with Gasteiger partial charge in [0.25, 0.3) is 0 Å². The minimum atomic E-state index is -0.439. The number of aromatic amines is 1. The lowest BCUT2D eigenvalue weighted by Crippen LogP contribution is -2.41. The number of rotatable bonds is 5. The second-order valence-corrected chi connectivity index (χ2v) is 5.87. The van der Waals surface area contributed by atoms with Crippen molar-refractivity contribution < 1.29 is 14.3 Å². The number of hydrogen-bond acceptors (Lipinski definition) is 5. The van der Waals surface area contributed by atoms with E-state index in [2.05, 4.69) is 9.97 Å². The van der Waals surface area contributed by atoms with Crippen molar-refractivity contribution in [1.29, 1.82) is 0 Å². The Morgan fingerprint density at radius 2 is 2.19 bits per heavy atom. The summed E-state index contributed by atoms with van der Waals surface area (Å²) in [5, 5.41) is -0.152. The Labute approximate surface area is 126 Å². The predicted molar refractivity (Wildman–Crippen MR) is 80.7 cm³/mol. The normalized spacial score (nSPS) is 19.1. The number of benzene rings is 1. The van der Waals surface area contributed by atoms with Crippen molar-refractivity contribution in [2.24, 2.45) is 0 Å². The highest BCUT2D eigenvalue weighted by Gasteiger charge is 2.38. The van der Waals surface area contributed by atoms with Crippen LogP contribution in [0.5, 0.6) is 0 Å². The molecule has 1 aromatic heterocycles. The third-order valence-corrected chi connectivity index (χ3v) is 4.69. The van der Waals surface area contributed by atoms with Gasteiger partial charge in [0.1, 0.15) is 11.2 Å². The zero-order valence-electron chi connectivity index (χ0n) is 11.9. The number of imidazole rings is 1. The molecule has 1 amide bonds. The number of carbonyl (C=O) groups excluding carboxylic acids is 1. The number of nitrogens with one attached hydrogen (secondary N) is 1. The highest BCUT2D eigenvalue weighted by molar-refractivity contribution is 8.01. The van der Waals surface area contributed by atoms with Gasteiger partial charge in [-0.3, -0.25) is 4.79 Å². The molecule has 3 rings (SSSR count). The average molecular weight is 307 g/mol. The Morgan fingerprint density at radius 3 is 2.90 bits per heavy atom. The smallest absolute Gasteiger partial charge is 0.234 e. The van der Waals surface area contributed by atoms with Gasteiger partial charge < -0.3 is 19.4 Å². The van der Waals surface area contributed by atoms with Gasteiger partial charge in [-0.05, 0) is 12.1 Å². The van der Waals surface area contributed by atoms with Crippen LogP contribution in [0.3, 0.4) is 0 Å². The molecule has 1 aliphatic rings. The second-order valence-electron chi connectivity index (χ2n) is 4.76. The maximum Gasteiger partial charge on any atom is 0.234 e. The highest BCUT2D eigenvalue weighted by atomic mass is 32.2. The molecule has 1 unspecified atom stereocenters. The number of amides is 1. The van der Waals surface area contributed by atoms with E-state index in [1.54, 1.807) is 19.1 Å². The summed E-state index contributed by atoms with van der Waals surface area (Å²) in [4.78, 5) is 21.6. The fraction of sp³-hybridized carbons (Fsp3) is 0.429. The van der Waals surface area contributed by atoms with Gasteiger partial charge >= 0.3 is 0 Å². The van der Waals surface area contributed by atoms with Crippen LogP contribution < -0.4 is 0 Å². The van der Waals surface area contributed by atoms with Gasteiger partial charge in [-0.25, -0.2) is 4.98 Å². The van der Waals surface area contributed by atoms with Crippen LogP contribution >= 0.6 is 11.8 Å². The number of nitrogens with zero attached hydrogens (tertiary/aromatic N) is 2. The molecule has 2 aromatic rings. The number of thioether (sulfide) groups is 1. The molecule has 0 saturated carbocycles. The lowest BCUT2D eigenvalue weighted by Gasteiger charge is -2.28. The highest BCUT2D eigenvalue weighted by Crippen LogP contribution is 2.30. The Kier molecular flexibility index (Phi) is 4.14. The van der Waals surface area contributed by atoms with Crippen molar-refractivity contribution in [3.8, 4) is 0 Å². The van der Waals surface area contributed by atoms with Crippen LogP contribution in [0.25, 0.3) is 11.0 Å². The monoisotopic (exact) mass is 307 g/mol. The van der Waals surface area contributed by atoms with E-state index in [9.17, 15) is 4.79 Å². The molecule has 21 heavy (non-hydrogen) atoms. The van der Waals surface area contributed by atoms with Gasteiger partial charge in [0.15, 0.2) is 6.29 Å². The molecule has 1 aromatic carbocycles. The summed E-state index contributed by atoms with van der Waals surface area (Å²) >= 11 is 1.53. The Hall–Kier alpha value is -1.57. The van der Waals surface area contributed by atoms with Crippen LogP contribution in [-0.2, 0) is 20.8 Å². The van der Waals surface area contributed by atoms with Crippen LogP contribution in [-0.4, -0.2) is 52.4 Å². The van der Waals surface area contributed by atoms with Gasteiger partial charge in [-0.15, -0.1) is 11.8 Å². The fourth-order valence-electron chi connectivity index (χ4n) is 2.45. The van der Waals surface area contributed by atoms with Crippen LogP contribution in [0.15, 0.2) is 24.3 Å². The summed E-state index contributed by atoms with van der Waals surface area (Å²) in [6.45, 7) is 0.425. The number of aromatic nitrogens is 2. The number of para-hydroxylation sites is 2. The molecule has 6 nitrogen and oxygen atoms in total. The van der Waals surface area contributed by atoms with Crippen LogP contribution in [0, 0.1) is 0 Å². The van der Waals surface area contributed by atoms with E-state index in [1.165, 1.54) is 11.8 Å². The molecular formula is C14H17N3O3S. The van der Waals surface area contributed by atoms with E-state index in [1.807, 2.05) is 24.3 Å². The first-order chi connectivity index (χ1) is 10.2. The molecule has 0 aliphatic carbocycles. The molecule has 1 saturated heterocycles. The molecular weight excluding hydrogens is 290 g/mol. The quantitative estimate of drug-likeness (QED) is 0.850. The molecule has 1 aliphatic heterocycles.